The van der Waals surface area contributed by atoms with Crippen LogP contribution in [0.2, 0.25) is 0 Å². The van der Waals surface area contributed by atoms with Gasteiger partial charge in [0.1, 0.15) is 6.10 Å². The molecule has 0 unspecified atom stereocenters. The van der Waals surface area contributed by atoms with Gasteiger partial charge in [0.25, 0.3) is 5.69 Å². The van der Waals surface area contributed by atoms with Crippen LogP contribution in [0.1, 0.15) is 50.9 Å². The molecule has 1 aliphatic heterocycles. The summed E-state index contributed by atoms with van der Waals surface area (Å²) in [7, 11) is 0. The lowest BCUT2D eigenvalue weighted by Crippen LogP contribution is -2.60. The fourth-order valence-electron chi connectivity index (χ4n) is 3.19. The van der Waals surface area contributed by atoms with E-state index in [9.17, 15) is 20.1 Å². The quantitative estimate of drug-likeness (QED) is 0.484. The molecule has 1 heterocycles. The van der Waals surface area contributed by atoms with Crippen LogP contribution in [-0.4, -0.2) is 33.1 Å². The van der Waals surface area contributed by atoms with Crippen molar-refractivity contribution in [3.05, 3.63) is 39.9 Å². The molecule has 0 spiro atoms. The zero-order chi connectivity index (χ0) is 17.4. The van der Waals surface area contributed by atoms with Gasteiger partial charge in [-0.05, 0) is 39.8 Å². The first kappa shape index (κ1) is 17.4. The summed E-state index contributed by atoms with van der Waals surface area (Å²) in [5.74, 6) is -0.532. The number of benzene rings is 1. The Labute approximate surface area is 135 Å². The standard InChI is InChI=1S/C16H21N2O5/c1-15(2)9-13(10-16(3,4)18(15)22)23-14(19)11-5-7-12(8-6-11)17(20)21/h5-8,13H,9-10H2,1-4H3. The van der Waals surface area contributed by atoms with E-state index >= 15 is 0 Å². The van der Waals surface area contributed by atoms with E-state index in [-0.39, 0.29) is 17.4 Å². The van der Waals surface area contributed by atoms with Crippen molar-refractivity contribution >= 4 is 11.7 Å². The average molecular weight is 321 g/mol. The topological polar surface area (TPSA) is 92.6 Å². The molecule has 2 rings (SSSR count). The number of nitro benzene ring substituents is 1. The van der Waals surface area contributed by atoms with Gasteiger partial charge in [0, 0.05) is 36.1 Å². The average Bonchev–Trinajstić information content (AvgIpc) is 2.44. The summed E-state index contributed by atoms with van der Waals surface area (Å²) in [6.07, 6.45) is 0.519. The number of carbonyl (C=O) groups is 1. The summed E-state index contributed by atoms with van der Waals surface area (Å²) < 4.78 is 5.52. The van der Waals surface area contributed by atoms with Crippen molar-refractivity contribution in [3.63, 3.8) is 0 Å². The molecule has 7 heteroatoms. The predicted octanol–water partition coefficient (Wildman–Crippen LogP) is 3.12. The molecule has 0 aliphatic carbocycles. The second kappa shape index (κ2) is 5.90. The highest BCUT2D eigenvalue weighted by Gasteiger charge is 2.47. The molecule has 23 heavy (non-hydrogen) atoms. The fourth-order valence-corrected chi connectivity index (χ4v) is 3.19. The number of esters is 1. The van der Waals surface area contributed by atoms with E-state index in [1.165, 1.54) is 24.3 Å². The number of piperidine rings is 1. The van der Waals surface area contributed by atoms with Crippen LogP contribution < -0.4 is 0 Å². The summed E-state index contributed by atoms with van der Waals surface area (Å²) in [4.78, 5) is 22.3. The number of rotatable bonds is 3. The molecule has 1 radical (unpaired) electrons. The second-order valence-electron chi connectivity index (χ2n) is 7.16. The van der Waals surface area contributed by atoms with Gasteiger partial charge in [-0.2, -0.15) is 0 Å². The Morgan fingerprint density at radius 1 is 1.17 bits per heavy atom. The van der Waals surface area contributed by atoms with Gasteiger partial charge < -0.3 is 4.74 Å². The Bertz CT molecular complexity index is 591. The molecule has 0 N–H and O–H groups in total. The van der Waals surface area contributed by atoms with Crippen molar-refractivity contribution < 1.29 is 19.7 Å². The summed E-state index contributed by atoms with van der Waals surface area (Å²) in [5, 5.41) is 24.0. The van der Waals surface area contributed by atoms with Crippen LogP contribution in [0.15, 0.2) is 24.3 Å². The van der Waals surface area contributed by atoms with Crippen LogP contribution in [0, 0.1) is 10.1 Å². The van der Waals surface area contributed by atoms with Crippen molar-refractivity contribution in [2.24, 2.45) is 0 Å². The van der Waals surface area contributed by atoms with Gasteiger partial charge in [0.15, 0.2) is 0 Å². The Kier molecular flexibility index (Phi) is 4.45. The highest BCUT2D eigenvalue weighted by Crippen LogP contribution is 2.38. The van der Waals surface area contributed by atoms with E-state index in [1.807, 2.05) is 27.7 Å². The first-order valence-corrected chi connectivity index (χ1v) is 7.46. The number of non-ortho nitro benzene ring substituents is 1. The molecule has 1 aromatic rings. The number of hydroxylamine groups is 2. The van der Waals surface area contributed by atoms with Crippen molar-refractivity contribution in [1.29, 1.82) is 0 Å². The van der Waals surface area contributed by atoms with Crippen LogP contribution >= 0.6 is 0 Å². The molecule has 0 saturated carbocycles. The van der Waals surface area contributed by atoms with Crippen LogP contribution in [0.5, 0.6) is 0 Å². The van der Waals surface area contributed by atoms with Crippen molar-refractivity contribution in [2.45, 2.75) is 57.7 Å². The van der Waals surface area contributed by atoms with Gasteiger partial charge in [-0.3, -0.25) is 10.1 Å². The first-order valence-electron chi connectivity index (χ1n) is 7.46. The van der Waals surface area contributed by atoms with E-state index in [2.05, 4.69) is 0 Å². The maximum absolute atomic E-state index is 12.3. The van der Waals surface area contributed by atoms with Gasteiger partial charge in [0.05, 0.1) is 10.5 Å². The number of ether oxygens (including phenoxy) is 1. The van der Waals surface area contributed by atoms with E-state index < -0.39 is 22.0 Å². The van der Waals surface area contributed by atoms with Gasteiger partial charge in [-0.1, -0.05) is 0 Å². The van der Waals surface area contributed by atoms with Crippen LogP contribution in [0.25, 0.3) is 0 Å². The van der Waals surface area contributed by atoms with Crippen molar-refractivity contribution in [2.75, 3.05) is 0 Å². The number of nitro groups is 1. The van der Waals surface area contributed by atoms with E-state index in [0.29, 0.717) is 12.8 Å². The van der Waals surface area contributed by atoms with Crippen LogP contribution in [-0.2, 0) is 9.94 Å². The minimum Gasteiger partial charge on any atom is -0.459 e. The molecule has 0 aromatic heterocycles. The molecule has 0 bridgehead atoms. The summed E-state index contributed by atoms with van der Waals surface area (Å²) in [6.45, 7) is 7.31. The highest BCUT2D eigenvalue weighted by molar-refractivity contribution is 5.89. The van der Waals surface area contributed by atoms with E-state index in [4.69, 9.17) is 4.74 Å². The van der Waals surface area contributed by atoms with Gasteiger partial charge in [0.2, 0.25) is 0 Å². The largest absolute Gasteiger partial charge is 0.459 e. The Morgan fingerprint density at radius 2 is 1.65 bits per heavy atom. The minimum absolute atomic E-state index is 0.0801. The lowest BCUT2D eigenvalue weighted by Gasteiger charge is -2.49. The lowest BCUT2D eigenvalue weighted by atomic mass is 9.80. The fraction of sp³-hybridized carbons (Fsp3) is 0.562. The number of hydrogen-bond donors (Lipinski definition) is 0. The molecular weight excluding hydrogens is 300 g/mol. The SMILES string of the molecule is CC1(C)CC(OC(=O)c2ccc([N+](=O)[O-])cc2)CC(C)(C)N1[O]. The normalized spacial score (nSPS) is 20.9. The van der Waals surface area contributed by atoms with Crippen LogP contribution in [0.3, 0.4) is 0 Å². The Morgan fingerprint density at radius 3 is 2.09 bits per heavy atom. The molecule has 125 valence electrons. The third kappa shape index (κ3) is 3.68. The molecular formula is C16H21N2O5. The molecule has 1 aromatic carbocycles. The zero-order valence-corrected chi connectivity index (χ0v) is 13.7. The molecule has 1 saturated heterocycles. The van der Waals surface area contributed by atoms with Crippen molar-refractivity contribution in [1.82, 2.24) is 5.06 Å². The van der Waals surface area contributed by atoms with Gasteiger partial charge in [-0.15, -0.1) is 10.3 Å². The zero-order valence-electron chi connectivity index (χ0n) is 13.7. The second-order valence-corrected chi connectivity index (χ2v) is 7.16. The molecule has 0 amide bonds. The van der Waals surface area contributed by atoms with E-state index in [1.54, 1.807) is 0 Å². The monoisotopic (exact) mass is 321 g/mol. The number of hydrogen-bond acceptors (Lipinski definition) is 5. The van der Waals surface area contributed by atoms with Gasteiger partial charge >= 0.3 is 5.97 Å². The maximum Gasteiger partial charge on any atom is 0.338 e. The molecule has 1 aliphatic rings. The summed E-state index contributed by atoms with van der Waals surface area (Å²) in [5.41, 5.74) is -1.07. The van der Waals surface area contributed by atoms with E-state index in [0.717, 1.165) is 5.06 Å². The summed E-state index contributed by atoms with van der Waals surface area (Å²) >= 11 is 0. The number of nitrogens with zero attached hydrogens (tertiary/aromatic N) is 2. The molecule has 0 atom stereocenters. The first-order chi connectivity index (χ1) is 10.5. The predicted molar refractivity (Wildman–Crippen MR) is 82.2 cm³/mol. The smallest absolute Gasteiger partial charge is 0.338 e. The Hall–Kier alpha value is -1.99. The van der Waals surface area contributed by atoms with Crippen molar-refractivity contribution in [3.8, 4) is 0 Å². The third-order valence-electron chi connectivity index (χ3n) is 4.14. The molecule has 1 fully saturated rings. The third-order valence-corrected chi connectivity index (χ3v) is 4.14. The molecule has 7 nitrogen and oxygen atoms in total. The minimum atomic E-state index is -0.623. The van der Waals surface area contributed by atoms with Crippen LogP contribution in [0.4, 0.5) is 5.69 Å². The maximum atomic E-state index is 12.3. The number of carbonyl (C=O) groups excluding carboxylic acids is 1. The highest BCUT2D eigenvalue weighted by atomic mass is 16.6. The Balaban J connectivity index is 2.09. The summed E-state index contributed by atoms with van der Waals surface area (Å²) in [6, 6.07) is 5.29. The van der Waals surface area contributed by atoms with Gasteiger partial charge in [-0.25, -0.2) is 4.79 Å². The lowest BCUT2D eigenvalue weighted by molar-refractivity contribution is -0.384.